The summed E-state index contributed by atoms with van der Waals surface area (Å²) in [4.78, 5) is 30.2. The molecule has 1 fully saturated rings. The van der Waals surface area contributed by atoms with Crippen LogP contribution in [0.4, 0.5) is 0 Å². The van der Waals surface area contributed by atoms with Gasteiger partial charge in [0.05, 0.1) is 12.3 Å². The zero-order chi connectivity index (χ0) is 30.6. The summed E-state index contributed by atoms with van der Waals surface area (Å²) in [6.45, 7) is 9.64. The Balaban J connectivity index is 1.31. The summed E-state index contributed by atoms with van der Waals surface area (Å²) in [6, 6.07) is 22.6. The highest BCUT2D eigenvalue weighted by Gasteiger charge is 2.36. The third kappa shape index (κ3) is 7.14. The Hall–Kier alpha value is -4.43. The van der Waals surface area contributed by atoms with Crippen molar-refractivity contribution < 1.29 is 23.8 Å². The normalized spacial score (nSPS) is 16.7. The van der Waals surface area contributed by atoms with Gasteiger partial charge in [-0.25, -0.2) is 4.98 Å². The number of amides is 1. The Morgan fingerprint density at radius 2 is 1.81 bits per heavy atom. The Bertz CT molecular complexity index is 1570. The van der Waals surface area contributed by atoms with Crippen LogP contribution in [-0.2, 0) is 23.2 Å². The first-order valence-electron chi connectivity index (χ1n) is 14.7. The van der Waals surface area contributed by atoms with Crippen molar-refractivity contribution in [1.29, 1.82) is 0 Å². The van der Waals surface area contributed by atoms with E-state index in [9.17, 15) is 14.7 Å². The molecule has 0 bridgehead atoms. The highest BCUT2D eigenvalue weighted by Crippen LogP contribution is 2.33. The van der Waals surface area contributed by atoms with Crippen molar-refractivity contribution in [3.63, 3.8) is 0 Å². The van der Waals surface area contributed by atoms with Gasteiger partial charge >= 0.3 is 5.97 Å². The smallest absolute Gasteiger partial charge is 0.321 e. The minimum atomic E-state index is -0.925. The fourth-order valence-corrected chi connectivity index (χ4v) is 5.47. The summed E-state index contributed by atoms with van der Waals surface area (Å²) >= 11 is 0. The molecule has 43 heavy (non-hydrogen) atoms. The molecule has 0 spiro atoms. The van der Waals surface area contributed by atoms with Gasteiger partial charge in [-0.15, -0.1) is 0 Å². The molecule has 1 aliphatic rings. The first-order chi connectivity index (χ1) is 20.6. The Morgan fingerprint density at radius 3 is 2.51 bits per heavy atom. The SMILES string of the molecule is Cc1oc(-c2ccccc2)nc1CCOc1ccc(C2CCN[C@@H]2C(=O)O)c(C(=O)NCc2ccc(C(C)(C)C)cc2)c1. The summed E-state index contributed by atoms with van der Waals surface area (Å²) in [5.41, 5.74) is 5.10. The molecule has 8 heteroatoms. The first-order valence-corrected chi connectivity index (χ1v) is 14.7. The largest absolute Gasteiger partial charge is 0.493 e. The molecule has 3 aromatic carbocycles. The van der Waals surface area contributed by atoms with E-state index in [-0.39, 0.29) is 17.2 Å². The van der Waals surface area contributed by atoms with Gasteiger partial charge in [0.1, 0.15) is 17.6 Å². The molecule has 0 saturated carbocycles. The van der Waals surface area contributed by atoms with Gasteiger partial charge in [-0.2, -0.15) is 0 Å². The topological polar surface area (TPSA) is 114 Å². The van der Waals surface area contributed by atoms with Crippen LogP contribution in [-0.4, -0.2) is 41.2 Å². The lowest BCUT2D eigenvalue weighted by molar-refractivity contribution is -0.139. The number of carboxylic acids is 1. The number of benzene rings is 3. The average molecular weight is 582 g/mol. The van der Waals surface area contributed by atoms with E-state index in [2.05, 4.69) is 48.5 Å². The van der Waals surface area contributed by atoms with Crippen molar-refractivity contribution >= 4 is 11.9 Å². The van der Waals surface area contributed by atoms with E-state index < -0.39 is 12.0 Å². The fraction of sp³-hybridized carbons (Fsp3) is 0.343. The molecule has 0 radical (unpaired) electrons. The van der Waals surface area contributed by atoms with Crippen LogP contribution in [0.1, 0.15) is 71.6 Å². The Labute approximate surface area is 252 Å². The van der Waals surface area contributed by atoms with Crippen molar-refractivity contribution in [2.75, 3.05) is 13.2 Å². The average Bonchev–Trinajstić information content (AvgIpc) is 3.63. The summed E-state index contributed by atoms with van der Waals surface area (Å²) < 4.78 is 11.9. The van der Waals surface area contributed by atoms with Gasteiger partial charge in [-0.1, -0.05) is 69.3 Å². The van der Waals surface area contributed by atoms with E-state index in [0.29, 0.717) is 55.3 Å². The van der Waals surface area contributed by atoms with Crippen LogP contribution in [0.2, 0.25) is 0 Å². The number of ether oxygens (including phenoxy) is 1. The maximum atomic E-state index is 13.6. The van der Waals surface area contributed by atoms with Crippen LogP contribution >= 0.6 is 0 Å². The van der Waals surface area contributed by atoms with E-state index >= 15 is 0 Å². The lowest BCUT2D eigenvalue weighted by Gasteiger charge is -2.21. The molecular weight excluding hydrogens is 542 g/mol. The van der Waals surface area contributed by atoms with E-state index in [0.717, 1.165) is 22.6 Å². The third-order valence-electron chi connectivity index (χ3n) is 7.95. The summed E-state index contributed by atoms with van der Waals surface area (Å²) in [5.74, 6) is 0.324. The lowest BCUT2D eigenvalue weighted by atomic mass is 9.86. The second kappa shape index (κ2) is 12.8. The summed E-state index contributed by atoms with van der Waals surface area (Å²) in [7, 11) is 0. The maximum Gasteiger partial charge on any atom is 0.321 e. The number of hydrogen-bond acceptors (Lipinski definition) is 6. The van der Waals surface area contributed by atoms with Crippen LogP contribution in [0.3, 0.4) is 0 Å². The number of nitrogens with one attached hydrogen (secondary N) is 2. The number of aryl methyl sites for hydroxylation is 1. The molecule has 2 heterocycles. The molecule has 224 valence electrons. The number of nitrogens with zero attached hydrogens (tertiary/aromatic N) is 1. The highest BCUT2D eigenvalue weighted by molar-refractivity contribution is 5.96. The van der Waals surface area contributed by atoms with Crippen LogP contribution < -0.4 is 15.4 Å². The molecule has 1 saturated heterocycles. The monoisotopic (exact) mass is 581 g/mol. The minimum absolute atomic E-state index is 0.0453. The zero-order valence-electron chi connectivity index (χ0n) is 25.1. The van der Waals surface area contributed by atoms with Crippen LogP contribution in [0.25, 0.3) is 11.5 Å². The molecule has 1 unspecified atom stereocenters. The molecule has 4 aromatic rings. The number of rotatable bonds is 10. The molecule has 1 aliphatic heterocycles. The second-order valence-corrected chi connectivity index (χ2v) is 12.0. The number of aromatic nitrogens is 1. The molecule has 3 N–H and O–H groups in total. The minimum Gasteiger partial charge on any atom is -0.493 e. The molecule has 1 amide bonds. The molecule has 8 nitrogen and oxygen atoms in total. The molecule has 2 atom stereocenters. The molecule has 5 rings (SSSR count). The van der Waals surface area contributed by atoms with Crippen molar-refractivity contribution in [3.05, 3.63) is 107 Å². The van der Waals surface area contributed by atoms with E-state index in [1.165, 1.54) is 5.56 Å². The van der Waals surface area contributed by atoms with Gasteiger partial charge in [0.2, 0.25) is 5.89 Å². The second-order valence-electron chi connectivity index (χ2n) is 12.0. The third-order valence-corrected chi connectivity index (χ3v) is 7.95. The fourth-order valence-electron chi connectivity index (χ4n) is 5.47. The van der Waals surface area contributed by atoms with Crippen LogP contribution in [0.15, 0.2) is 77.2 Å². The highest BCUT2D eigenvalue weighted by atomic mass is 16.5. The number of oxazole rings is 1. The Morgan fingerprint density at radius 1 is 1.07 bits per heavy atom. The van der Waals surface area contributed by atoms with Crippen molar-refractivity contribution in [2.45, 2.75) is 64.5 Å². The quantitative estimate of drug-likeness (QED) is 0.210. The number of aliphatic carboxylic acids is 1. The number of carbonyl (C=O) groups is 2. The maximum absolute atomic E-state index is 13.6. The van der Waals surface area contributed by atoms with Gasteiger partial charge in [-0.3, -0.25) is 9.59 Å². The van der Waals surface area contributed by atoms with Gasteiger partial charge < -0.3 is 24.9 Å². The van der Waals surface area contributed by atoms with Gasteiger partial charge in [0.15, 0.2) is 0 Å². The van der Waals surface area contributed by atoms with Crippen molar-refractivity contribution in [1.82, 2.24) is 15.6 Å². The van der Waals surface area contributed by atoms with E-state index in [4.69, 9.17) is 9.15 Å². The van der Waals surface area contributed by atoms with Crippen LogP contribution in [0, 0.1) is 6.92 Å². The van der Waals surface area contributed by atoms with Crippen LogP contribution in [0.5, 0.6) is 5.75 Å². The predicted octanol–water partition coefficient (Wildman–Crippen LogP) is 6.03. The van der Waals surface area contributed by atoms with Gasteiger partial charge in [-0.05, 0) is 66.3 Å². The zero-order valence-corrected chi connectivity index (χ0v) is 25.1. The summed E-state index contributed by atoms with van der Waals surface area (Å²) in [6.07, 6.45) is 1.16. The number of hydrogen-bond donors (Lipinski definition) is 3. The lowest BCUT2D eigenvalue weighted by Crippen LogP contribution is -2.35. The number of carboxylic acid groups (broad SMARTS) is 1. The molecule has 1 aromatic heterocycles. The van der Waals surface area contributed by atoms with E-state index in [1.54, 1.807) is 12.1 Å². The Kier molecular flexibility index (Phi) is 8.97. The van der Waals surface area contributed by atoms with E-state index in [1.807, 2.05) is 55.5 Å². The summed E-state index contributed by atoms with van der Waals surface area (Å²) in [5, 5.41) is 15.9. The first kappa shape index (κ1) is 30.0. The van der Waals surface area contributed by atoms with Crippen molar-refractivity contribution in [3.8, 4) is 17.2 Å². The standard InChI is InChI=1S/C35H39N3O5/c1-22-30(38-33(43-22)24-8-6-5-7-9-24)17-19-42-26-14-15-27(28-16-18-36-31(28)34(40)41)29(20-26)32(39)37-21-23-10-12-25(13-11-23)35(2,3)4/h5-15,20,28,31,36H,16-19,21H2,1-4H3,(H,37,39)(H,40,41)/t28?,31-/m0/s1. The number of carbonyl (C=O) groups excluding carboxylic acids is 1. The predicted molar refractivity (Wildman–Crippen MR) is 165 cm³/mol. The van der Waals surface area contributed by atoms with Crippen molar-refractivity contribution in [2.24, 2.45) is 0 Å². The van der Waals surface area contributed by atoms with Gasteiger partial charge in [0, 0.05) is 30.0 Å². The molecular formula is C35H39N3O5. The molecule has 0 aliphatic carbocycles. The van der Waals surface area contributed by atoms with Gasteiger partial charge in [0.25, 0.3) is 5.91 Å².